The Kier molecular flexibility index (Phi) is 6.39. The monoisotopic (exact) mass is 499 g/mol. The van der Waals surface area contributed by atoms with E-state index in [0.717, 1.165) is 48.4 Å². The van der Waals surface area contributed by atoms with E-state index in [1.165, 1.54) is 18.2 Å². The van der Waals surface area contributed by atoms with Gasteiger partial charge < -0.3 is 24.6 Å². The predicted molar refractivity (Wildman–Crippen MR) is 135 cm³/mol. The van der Waals surface area contributed by atoms with Gasteiger partial charge in [-0.3, -0.25) is 0 Å². The van der Waals surface area contributed by atoms with Crippen LogP contribution in [0.4, 0.5) is 5.69 Å². The molecule has 0 unspecified atom stereocenters. The number of methoxy groups -OCH3 is 1. The third kappa shape index (κ3) is 4.05. The number of rotatable bonds is 6. The average Bonchev–Trinajstić information content (AvgIpc) is 3.43. The van der Waals surface area contributed by atoms with Crippen molar-refractivity contribution in [1.82, 2.24) is 0 Å². The van der Waals surface area contributed by atoms with Gasteiger partial charge in [0.15, 0.2) is 11.5 Å². The Balaban J connectivity index is 1.50. The summed E-state index contributed by atoms with van der Waals surface area (Å²) < 4.78 is 16.7. The van der Waals surface area contributed by atoms with E-state index in [2.05, 4.69) is 24.4 Å². The molecule has 7 heteroatoms. The minimum Gasteiger partial charge on any atom is -0.467 e. The summed E-state index contributed by atoms with van der Waals surface area (Å²) >= 11 is 6.37. The van der Waals surface area contributed by atoms with Gasteiger partial charge in [0.1, 0.15) is 5.54 Å². The second-order valence-electron chi connectivity index (χ2n) is 10.6. The molecule has 35 heavy (non-hydrogen) atoms. The Bertz CT molecular complexity index is 1120. The van der Waals surface area contributed by atoms with Crippen molar-refractivity contribution in [2.45, 2.75) is 63.3 Å². The molecule has 3 aliphatic rings. The number of esters is 1. The molecule has 5 rings (SSSR count). The Morgan fingerprint density at radius 1 is 1.23 bits per heavy atom. The van der Waals surface area contributed by atoms with Crippen molar-refractivity contribution in [3.8, 4) is 11.5 Å². The first-order valence-corrected chi connectivity index (χ1v) is 12.9. The maximum atomic E-state index is 13.2. The molecule has 2 aliphatic carbocycles. The van der Waals surface area contributed by atoms with Crippen LogP contribution in [0.25, 0.3) is 0 Å². The Hall–Kier alpha value is -2.44. The van der Waals surface area contributed by atoms with Gasteiger partial charge in [-0.2, -0.15) is 0 Å². The van der Waals surface area contributed by atoms with Crippen LogP contribution in [-0.2, 0) is 21.4 Å². The number of ether oxygens (including phenoxy) is 3. The first kappa shape index (κ1) is 24.3. The molecule has 2 atom stereocenters. The number of fused-ring (bicyclic) bond motifs is 3. The third-order valence-electron chi connectivity index (χ3n) is 8.59. The van der Waals surface area contributed by atoms with E-state index in [-0.39, 0.29) is 30.7 Å². The zero-order valence-electron chi connectivity index (χ0n) is 20.7. The van der Waals surface area contributed by atoms with Gasteiger partial charge in [0.05, 0.1) is 7.11 Å². The van der Waals surface area contributed by atoms with E-state index in [4.69, 9.17) is 25.8 Å². The van der Waals surface area contributed by atoms with Crippen LogP contribution in [0.1, 0.15) is 55.7 Å². The molecule has 0 saturated heterocycles. The zero-order chi connectivity index (χ0) is 24.8. The van der Waals surface area contributed by atoms with Crippen molar-refractivity contribution >= 4 is 23.3 Å². The van der Waals surface area contributed by atoms with Crippen LogP contribution in [0.2, 0.25) is 5.02 Å². The summed E-state index contributed by atoms with van der Waals surface area (Å²) in [4.78, 5) is 13.2. The molecule has 1 saturated carbocycles. The van der Waals surface area contributed by atoms with Crippen LogP contribution in [0.15, 0.2) is 30.3 Å². The van der Waals surface area contributed by atoms with Gasteiger partial charge >= 0.3 is 5.97 Å². The maximum absolute atomic E-state index is 13.2. The summed E-state index contributed by atoms with van der Waals surface area (Å²) in [5.74, 6) is 1.97. The van der Waals surface area contributed by atoms with Crippen LogP contribution in [0.3, 0.4) is 0 Å². The molecule has 2 N–H and O–H groups in total. The number of benzene rings is 2. The molecule has 0 radical (unpaired) electrons. The Labute approximate surface area is 211 Å². The SMILES string of the molecule is COC(=O)C1(Nc2cccc(Cl)c2C)CCC2(CC1)c1cc3c(cc1C[C@@H]2C[C@@H](C)CO)OCO3. The molecule has 6 nitrogen and oxygen atoms in total. The number of nitrogens with one attached hydrogen (secondary N) is 1. The van der Waals surface area contributed by atoms with Crippen molar-refractivity contribution in [3.63, 3.8) is 0 Å². The second kappa shape index (κ2) is 9.21. The summed E-state index contributed by atoms with van der Waals surface area (Å²) in [6.07, 6.45) is 4.84. The fourth-order valence-corrected chi connectivity index (χ4v) is 6.72. The number of halogens is 1. The Morgan fingerprint density at radius 2 is 1.94 bits per heavy atom. The largest absolute Gasteiger partial charge is 0.467 e. The predicted octanol–water partition coefficient (Wildman–Crippen LogP) is 5.40. The minimum atomic E-state index is -0.818. The lowest BCUT2D eigenvalue weighted by atomic mass is 9.59. The molecule has 0 aromatic heterocycles. The maximum Gasteiger partial charge on any atom is 0.331 e. The van der Waals surface area contributed by atoms with Gasteiger partial charge in [-0.25, -0.2) is 4.79 Å². The molecule has 1 heterocycles. The molecular formula is C28H34ClNO5. The highest BCUT2D eigenvalue weighted by Gasteiger charge is 2.54. The first-order chi connectivity index (χ1) is 16.8. The van der Waals surface area contributed by atoms with Gasteiger partial charge in [-0.1, -0.05) is 24.6 Å². The number of carbonyl (C=O) groups excluding carboxylic acids is 1. The molecule has 1 spiro atoms. The van der Waals surface area contributed by atoms with Gasteiger partial charge in [-0.05, 0) is 104 Å². The number of aliphatic hydroxyl groups excluding tert-OH is 1. The van der Waals surface area contributed by atoms with E-state index in [0.29, 0.717) is 23.8 Å². The van der Waals surface area contributed by atoms with Gasteiger partial charge in [0, 0.05) is 17.3 Å². The van der Waals surface area contributed by atoms with Gasteiger partial charge in [0.25, 0.3) is 0 Å². The molecule has 0 bridgehead atoms. The topological polar surface area (TPSA) is 77.0 Å². The molecule has 2 aromatic rings. The lowest BCUT2D eigenvalue weighted by Crippen LogP contribution is -2.53. The second-order valence-corrected chi connectivity index (χ2v) is 11.0. The fraction of sp³-hybridized carbons (Fsp3) is 0.536. The number of anilines is 1. The summed E-state index contributed by atoms with van der Waals surface area (Å²) in [7, 11) is 1.46. The smallest absolute Gasteiger partial charge is 0.331 e. The van der Waals surface area contributed by atoms with Crippen LogP contribution in [-0.4, -0.2) is 37.1 Å². The highest BCUT2D eigenvalue weighted by molar-refractivity contribution is 6.31. The van der Waals surface area contributed by atoms with Crippen LogP contribution >= 0.6 is 11.6 Å². The van der Waals surface area contributed by atoms with Crippen LogP contribution < -0.4 is 14.8 Å². The van der Waals surface area contributed by atoms with Gasteiger partial charge in [-0.15, -0.1) is 0 Å². The number of hydrogen-bond donors (Lipinski definition) is 2. The Morgan fingerprint density at radius 3 is 2.63 bits per heavy atom. The number of carbonyl (C=O) groups is 1. The summed E-state index contributed by atoms with van der Waals surface area (Å²) in [6, 6.07) is 10.0. The fourth-order valence-electron chi connectivity index (χ4n) is 6.54. The lowest BCUT2D eigenvalue weighted by molar-refractivity contribution is -0.148. The lowest BCUT2D eigenvalue weighted by Gasteiger charge is -2.48. The van der Waals surface area contributed by atoms with Gasteiger partial charge in [0.2, 0.25) is 6.79 Å². The van der Waals surface area contributed by atoms with Crippen molar-refractivity contribution in [2.75, 3.05) is 25.8 Å². The molecular weight excluding hydrogens is 466 g/mol. The summed E-state index contributed by atoms with van der Waals surface area (Å²) in [6.45, 7) is 4.49. The molecule has 1 fully saturated rings. The quantitative estimate of drug-likeness (QED) is 0.518. The summed E-state index contributed by atoms with van der Waals surface area (Å²) in [5.41, 5.74) is 3.50. The van der Waals surface area contributed by atoms with E-state index in [9.17, 15) is 9.90 Å². The molecule has 0 amide bonds. The number of aliphatic hydroxyl groups is 1. The zero-order valence-corrected chi connectivity index (χ0v) is 21.4. The standard InChI is InChI=1S/C28H34ClNO5/c1-17(15-31)11-20-12-19-13-24-25(35-16-34-24)14-21(19)27(20)7-9-28(10-8-27,26(32)33-3)30-23-6-4-5-22(29)18(23)2/h4-6,13-14,17,20,30-31H,7-12,15-16H2,1-3H3/t17-,20+,27?,28?/m1/s1. The van der Waals surface area contributed by atoms with Crippen molar-refractivity contribution in [1.29, 1.82) is 0 Å². The van der Waals surface area contributed by atoms with Crippen molar-refractivity contribution < 1.29 is 24.1 Å². The van der Waals surface area contributed by atoms with Crippen molar-refractivity contribution in [3.05, 3.63) is 52.0 Å². The highest BCUT2D eigenvalue weighted by Crippen LogP contribution is 2.58. The van der Waals surface area contributed by atoms with Crippen LogP contribution in [0, 0.1) is 18.8 Å². The number of hydrogen-bond acceptors (Lipinski definition) is 6. The van der Waals surface area contributed by atoms with Crippen molar-refractivity contribution in [2.24, 2.45) is 11.8 Å². The highest BCUT2D eigenvalue weighted by atomic mass is 35.5. The van der Waals surface area contributed by atoms with Crippen LogP contribution in [0.5, 0.6) is 11.5 Å². The molecule has 2 aromatic carbocycles. The first-order valence-electron chi connectivity index (χ1n) is 12.5. The molecule has 1 aliphatic heterocycles. The van der Waals surface area contributed by atoms with E-state index in [1.54, 1.807) is 0 Å². The molecule has 188 valence electrons. The summed E-state index contributed by atoms with van der Waals surface area (Å²) in [5, 5.41) is 14.0. The van der Waals surface area contributed by atoms with E-state index in [1.807, 2.05) is 25.1 Å². The van der Waals surface area contributed by atoms with E-state index < -0.39 is 5.54 Å². The average molecular weight is 500 g/mol. The minimum absolute atomic E-state index is 0.0810. The third-order valence-corrected chi connectivity index (χ3v) is 9.00. The van der Waals surface area contributed by atoms with E-state index >= 15 is 0 Å². The normalized spacial score (nSPS) is 27.5.